The molecule has 25 heavy (non-hydrogen) atoms. The lowest BCUT2D eigenvalue weighted by atomic mass is 9.91. The monoisotopic (exact) mass is 341 g/mol. The lowest BCUT2D eigenvalue weighted by Gasteiger charge is -2.13. The first-order chi connectivity index (χ1) is 12.1. The lowest BCUT2D eigenvalue weighted by molar-refractivity contribution is 0.0512. The van der Waals surface area contributed by atoms with Crippen LogP contribution in [-0.4, -0.2) is 30.0 Å². The van der Waals surface area contributed by atoms with E-state index >= 15 is 0 Å². The van der Waals surface area contributed by atoms with Gasteiger partial charge in [-0.15, -0.1) is 0 Å². The van der Waals surface area contributed by atoms with Crippen molar-refractivity contribution in [3.63, 3.8) is 0 Å². The highest BCUT2D eigenvalue weighted by molar-refractivity contribution is 6.03. The van der Waals surface area contributed by atoms with Crippen molar-refractivity contribution < 1.29 is 19.1 Å². The van der Waals surface area contributed by atoms with E-state index in [1.165, 1.54) is 0 Å². The predicted octanol–water partition coefficient (Wildman–Crippen LogP) is 3.55. The molecule has 1 aromatic carbocycles. The number of Topliss-reactive ketones (excluding diaryl/α,β-unsaturated/α-hetero) is 1. The maximum Gasteiger partial charge on any atom is 0.355 e. The number of hydrogen-bond donors (Lipinski definition) is 0. The summed E-state index contributed by atoms with van der Waals surface area (Å²) in [6.45, 7) is 4.53. The molecule has 0 saturated heterocycles. The minimum absolute atomic E-state index is 0.123. The second-order valence-corrected chi connectivity index (χ2v) is 6.22. The molecule has 1 heterocycles. The summed E-state index contributed by atoms with van der Waals surface area (Å²) in [5.74, 6) is 0.556. The van der Waals surface area contributed by atoms with E-state index in [2.05, 4.69) is 0 Å². The van der Waals surface area contributed by atoms with Crippen LogP contribution in [0, 0.1) is 6.92 Å². The number of esters is 1. The van der Waals surface area contributed by atoms with E-state index in [4.69, 9.17) is 9.47 Å². The van der Waals surface area contributed by atoms with Gasteiger partial charge in [0.05, 0.1) is 13.7 Å². The Labute approximate surface area is 147 Å². The van der Waals surface area contributed by atoms with Gasteiger partial charge in [0, 0.05) is 24.2 Å². The SMILES string of the molecule is CCOC(=O)c1c2c(c(C)n1Cc1ccc(OC)cc1)C(=O)CCC2. The number of rotatable bonds is 5. The summed E-state index contributed by atoms with van der Waals surface area (Å²) in [5, 5.41) is 0. The molecule has 1 aliphatic rings. The van der Waals surface area contributed by atoms with Crippen molar-refractivity contribution in [2.45, 2.75) is 39.7 Å². The van der Waals surface area contributed by atoms with Gasteiger partial charge >= 0.3 is 5.97 Å². The number of ether oxygens (including phenoxy) is 2. The molecule has 1 aromatic heterocycles. The van der Waals surface area contributed by atoms with Crippen LogP contribution < -0.4 is 4.74 Å². The van der Waals surface area contributed by atoms with Crippen molar-refractivity contribution in [1.82, 2.24) is 4.57 Å². The molecule has 0 fully saturated rings. The Hall–Kier alpha value is -2.56. The zero-order valence-electron chi connectivity index (χ0n) is 14.9. The third-order valence-corrected chi connectivity index (χ3v) is 4.70. The van der Waals surface area contributed by atoms with Crippen molar-refractivity contribution in [3.05, 3.63) is 52.3 Å². The Bertz CT molecular complexity index is 802. The van der Waals surface area contributed by atoms with Crippen molar-refractivity contribution in [1.29, 1.82) is 0 Å². The summed E-state index contributed by atoms with van der Waals surface area (Å²) < 4.78 is 12.4. The second kappa shape index (κ2) is 7.13. The van der Waals surface area contributed by atoms with Crippen molar-refractivity contribution >= 4 is 11.8 Å². The van der Waals surface area contributed by atoms with E-state index in [1.54, 1.807) is 14.0 Å². The van der Waals surface area contributed by atoms with E-state index in [-0.39, 0.29) is 11.8 Å². The molecule has 0 aliphatic heterocycles. The number of carbonyl (C=O) groups is 2. The molecule has 2 aromatic rings. The predicted molar refractivity (Wildman–Crippen MR) is 94.5 cm³/mol. The minimum atomic E-state index is -0.352. The van der Waals surface area contributed by atoms with Crippen LogP contribution in [-0.2, 0) is 17.7 Å². The summed E-state index contributed by atoms with van der Waals surface area (Å²) in [4.78, 5) is 25.0. The number of nitrogens with zero attached hydrogens (tertiary/aromatic N) is 1. The zero-order valence-corrected chi connectivity index (χ0v) is 14.9. The van der Waals surface area contributed by atoms with Crippen molar-refractivity contribution in [3.8, 4) is 5.75 Å². The Morgan fingerprint density at radius 2 is 1.92 bits per heavy atom. The first kappa shape index (κ1) is 17.3. The van der Waals surface area contributed by atoms with E-state index in [9.17, 15) is 9.59 Å². The molecule has 0 amide bonds. The Balaban J connectivity index is 2.07. The maximum absolute atomic E-state index is 12.6. The standard InChI is InChI=1S/C20H23NO4/c1-4-25-20(23)19-16-6-5-7-17(22)18(16)13(2)21(19)12-14-8-10-15(24-3)11-9-14/h8-11H,4-7,12H2,1-3H3. The van der Waals surface area contributed by atoms with Gasteiger partial charge in [0.1, 0.15) is 11.4 Å². The molecule has 5 heteroatoms. The van der Waals surface area contributed by atoms with Crippen LogP contribution in [0.4, 0.5) is 0 Å². The molecule has 3 rings (SSSR count). The Morgan fingerprint density at radius 3 is 2.56 bits per heavy atom. The van der Waals surface area contributed by atoms with Gasteiger partial charge in [-0.2, -0.15) is 0 Å². The normalized spacial score (nSPS) is 13.5. The zero-order chi connectivity index (χ0) is 18.0. The van der Waals surface area contributed by atoms with Crippen LogP contribution in [0.1, 0.15) is 57.4 Å². The van der Waals surface area contributed by atoms with Gasteiger partial charge in [0.25, 0.3) is 0 Å². The minimum Gasteiger partial charge on any atom is -0.497 e. The van der Waals surface area contributed by atoms with Crippen LogP contribution >= 0.6 is 0 Å². The third kappa shape index (κ3) is 3.18. The van der Waals surface area contributed by atoms with E-state index < -0.39 is 0 Å². The fourth-order valence-electron chi connectivity index (χ4n) is 3.51. The number of aromatic nitrogens is 1. The molecular weight excluding hydrogens is 318 g/mol. The molecule has 0 spiro atoms. The topological polar surface area (TPSA) is 57.5 Å². The number of fused-ring (bicyclic) bond motifs is 1. The molecular formula is C20H23NO4. The van der Waals surface area contributed by atoms with Gasteiger partial charge in [0.2, 0.25) is 0 Å². The second-order valence-electron chi connectivity index (χ2n) is 6.22. The summed E-state index contributed by atoms with van der Waals surface area (Å²) in [7, 11) is 1.63. The van der Waals surface area contributed by atoms with Crippen molar-refractivity contribution in [2.24, 2.45) is 0 Å². The van der Waals surface area contributed by atoms with Gasteiger partial charge in [-0.1, -0.05) is 12.1 Å². The first-order valence-corrected chi connectivity index (χ1v) is 8.62. The maximum atomic E-state index is 12.6. The molecule has 5 nitrogen and oxygen atoms in total. The fourth-order valence-corrected chi connectivity index (χ4v) is 3.51. The van der Waals surface area contributed by atoms with Gasteiger partial charge in [-0.25, -0.2) is 4.79 Å². The van der Waals surface area contributed by atoms with Crippen LogP contribution in [0.3, 0.4) is 0 Å². The van der Waals surface area contributed by atoms with Gasteiger partial charge < -0.3 is 14.0 Å². The molecule has 0 N–H and O–H groups in total. The molecule has 0 radical (unpaired) electrons. The van der Waals surface area contributed by atoms with Crippen molar-refractivity contribution in [2.75, 3.05) is 13.7 Å². The van der Waals surface area contributed by atoms with Crippen LogP contribution in [0.15, 0.2) is 24.3 Å². The molecule has 0 unspecified atom stereocenters. The van der Waals surface area contributed by atoms with Crippen LogP contribution in [0.2, 0.25) is 0 Å². The number of benzene rings is 1. The third-order valence-electron chi connectivity index (χ3n) is 4.70. The van der Waals surface area contributed by atoms with Gasteiger partial charge in [0.15, 0.2) is 5.78 Å². The molecule has 1 aliphatic carbocycles. The van der Waals surface area contributed by atoms with E-state index in [0.717, 1.165) is 35.4 Å². The summed E-state index contributed by atoms with van der Waals surface area (Å²) in [6, 6.07) is 7.72. The number of methoxy groups -OCH3 is 1. The Kier molecular flexibility index (Phi) is 4.93. The summed E-state index contributed by atoms with van der Waals surface area (Å²) in [5.41, 5.74) is 3.97. The van der Waals surface area contributed by atoms with Crippen LogP contribution in [0.5, 0.6) is 5.75 Å². The smallest absolute Gasteiger partial charge is 0.355 e. The van der Waals surface area contributed by atoms with Gasteiger partial charge in [-0.3, -0.25) is 4.79 Å². The first-order valence-electron chi connectivity index (χ1n) is 8.62. The molecule has 0 atom stereocenters. The number of carbonyl (C=O) groups excluding carboxylic acids is 2. The largest absolute Gasteiger partial charge is 0.497 e. The van der Waals surface area contributed by atoms with Gasteiger partial charge in [-0.05, 0) is 49.9 Å². The molecule has 132 valence electrons. The number of ketones is 1. The average molecular weight is 341 g/mol. The van der Waals surface area contributed by atoms with E-state index in [0.29, 0.717) is 30.8 Å². The quantitative estimate of drug-likeness (QED) is 0.781. The van der Waals surface area contributed by atoms with Crippen LogP contribution in [0.25, 0.3) is 0 Å². The average Bonchev–Trinajstić information content (AvgIpc) is 2.89. The number of hydrogen-bond acceptors (Lipinski definition) is 4. The summed E-state index contributed by atoms with van der Waals surface area (Å²) in [6.07, 6.45) is 2.07. The summed E-state index contributed by atoms with van der Waals surface area (Å²) >= 11 is 0. The molecule has 0 bridgehead atoms. The fraction of sp³-hybridized carbons (Fsp3) is 0.400. The highest BCUT2D eigenvalue weighted by Gasteiger charge is 2.31. The Morgan fingerprint density at radius 1 is 1.20 bits per heavy atom. The highest BCUT2D eigenvalue weighted by atomic mass is 16.5. The molecule has 0 saturated carbocycles. The highest BCUT2D eigenvalue weighted by Crippen LogP contribution is 2.31. The van der Waals surface area contributed by atoms with E-state index in [1.807, 2.05) is 35.8 Å². The lowest BCUT2D eigenvalue weighted by Crippen LogP contribution is -2.16.